The first kappa shape index (κ1) is 13.9. The van der Waals surface area contributed by atoms with E-state index in [-0.39, 0.29) is 11.6 Å². The van der Waals surface area contributed by atoms with Crippen LogP contribution >= 0.6 is 0 Å². The highest BCUT2D eigenvalue weighted by Crippen LogP contribution is 2.22. The number of carbonyl (C=O) groups excluding carboxylic acids is 1. The summed E-state index contributed by atoms with van der Waals surface area (Å²) in [5.74, 6) is -0.156. The van der Waals surface area contributed by atoms with E-state index in [0.29, 0.717) is 17.0 Å². The minimum absolute atomic E-state index is 0.0464. The summed E-state index contributed by atoms with van der Waals surface area (Å²) in [5.41, 5.74) is 6.44. The number of halogens is 1. The van der Waals surface area contributed by atoms with Gasteiger partial charge in [-0.15, -0.1) is 0 Å². The summed E-state index contributed by atoms with van der Waals surface area (Å²) >= 11 is 0. The lowest BCUT2D eigenvalue weighted by Gasteiger charge is -2.18. The third-order valence-electron chi connectivity index (χ3n) is 2.99. The fourth-order valence-electron chi connectivity index (χ4n) is 1.81. The van der Waals surface area contributed by atoms with E-state index in [1.165, 1.54) is 23.1 Å². The third-order valence-corrected chi connectivity index (χ3v) is 2.99. The van der Waals surface area contributed by atoms with Crippen LogP contribution in [0.1, 0.15) is 10.4 Å². The zero-order valence-electron chi connectivity index (χ0n) is 11.3. The number of methoxy groups -OCH3 is 1. The van der Waals surface area contributed by atoms with Crippen molar-refractivity contribution >= 4 is 17.3 Å². The molecule has 0 atom stereocenters. The van der Waals surface area contributed by atoms with Gasteiger partial charge in [-0.25, -0.2) is 4.39 Å². The van der Waals surface area contributed by atoms with Crippen LogP contribution < -0.4 is 15.4 Å². The van der Waals surface area contributed by atoms with Gasteiger partial charge in [-0.05, 0) is 30.3 Å². The molecule has 2 rings (SSSR count). The Labute approximate surface area is 116 Å². The molecular formula is C15H15FN2O2. The number of nitrogens with zero attached hydrogens (tertiary/aromatic N) is 1. The first-order valence-corrected chi connectivity index (χ1v) is 6.00. The second kappa shape index (κ2) is 5.61. The molecule has 0 aliphatic heterocycles. The second-order valence-electron chi connectivity index (χ2n) is 4.30. The molecule has 5 heteroatoms. The van der Waals surface area contributed by atoms with Crippen molar-refractivity contribution in [2.75, 3.05) is 24.8 Å². The van der Waals surface area contributed by atoms with E-state index in [1.54, 1.807) is 38.4 Å². The molecule has 0 radical (unpaired) electrons. The van der Waals surface area contributed by atoms with Gasteiger partial charge in [0, 0.05) is 24.4 Å². The second-order valence-corrected chi connectivity index (χ2v) is 4.30. The number of rotatable bonds is 3. The summed E-state index contributed by atoms with van der Waals surface area (Å²) in [6.45, 7) is 0. The molecule has 20 heavy (non-hydrogen) atoms. The van der Waals surface area contributed by atoms with Gasteiger partial charge in [-0.2, -0.15) is 0 Å². The van der Waals surface area contributed by atoms with Gasteiger partial charge in [0.2, 0.25) is 0 Å². The van der Waals surface area contributed by atoms with Crippen molar-refractivity contribution in [2.24, 2.45) is 0 Å². The van der Waals surface area contributed by atoms with E-state index in [1.807, 2.05) is 0 Å². The highest BCUT2D eigenvalue weighted by atomic mass is 19.1. The molecule has 0 aliphatic rings. The fraction of sp³-hybridized carbons (Fsp3) is 0.133. The fourth-order valence-corrected chi connectivity index (χ4v) is 1.81. The number of nitrogen functional groups attached to an aromatic ring is 1. The molecule has 0 fully saturated rings. The maximum absolute atomic E-state index is 13.1. The van der Waals surface area contributed by atoms with Gasteiger partial charge in [0.15, 0.2) is 0 Å². The SMILES string of the molecule is COc1cccc(N(C)C(=O)c2ccc(F)c(N)c2)c1. The number of anilines is 2. The largest absolute Gasteiger partial charge is 0.497 e. The van der Waals surface area contributed by atoms with Gasteiger partial charge in [0.1, 0.15) is 11.6 Å². The van der Waals surface area contributed by atoms with Crippen molar-refractivity contribution in [1.29, 1.82) is 0 Å². The summed E-state index contributed by atoms with van der Waals surface area (Å²) in [6.07, 6.45) is 0. The predicted molar refractivity (Wildman–Crippen MR) is 76.5 cm³/mol. The minimum atomic E-state index is -0.536. The Hall–Kier alpha value is -2.56. The first-order chi connectivity index (χ1) is 9.52. The normalized spacial score (nSPS) is 10.2. The van der Waals surface area contributed by atoms with E-state index in [2.05, 4.69) is 0 Å². The molecule has 2 aromatic rings. The van der Waals surface area contributed by atoms with Crippen LogP contribution in [0.15, 0.2) is 42.5 Å². The Morgan fingerprint density at radius 1 is 1.25 bits per heavy atom. The molecule has 0 saturated heterocycles. The third kappa shape index (κ3) is 2.71. The Morgan fingerprint density at radius 2 is 2.00 bits per heavy atom. The Morgan fingerprint density at radius 3 is 2.65 bits per heavy atom. The zero-order chi connectivity index (χ0) is 14.7. The first-order valence-electron chi connectivity index (χ1n) is 6.00. The highest BCUT2D eigenvalue weighted by molar-refractivity contribution is 6.06. The maximum atomic E-state index is 13.1. The zero-order valence-corrected chi connectivity index (χ0v) is 11.3. The van der Waals surface area contributed by atoms with Crippen LogP contribution in [0.5, 0.6) is 5.75 Å². The van der Waals surface area contributed by atoms with E-state index in [0.717, 1.165) is 0 Å². The molecule has 0 bridgehead atoms. The van der Waals surface area contributed by atoms with Gasteiger partial charge in [0.05, 0.1) is 12.8 Å². The van der Waals surface area contributed by atoms with Gasteiger partial charge < -0.3 is 15.4 Å². The molecule has 2 aromatic carbocycles. The molecule has 2 N–H and O–H groups in total. The van der Waals surface area contributed by atoms with Crippen LogP contribution in [0.4, 0.5) is 15.8 Å². The number of carbonyl (C=O) groups is 1. The summed E-state index contributed by atoms with van der Waals surface area (Å²) in [6, 6.07) is 11.0. The number of nitrogens with two attached hydrogens (primary N) is 1. The summed E-state index contributed by atoms with van der Waals surface area (Å²) in [5, 5.41) is 0. The van der Waals surface area contributed by atoms with E-state index in [4.69, 9.17) is 10.5 Å². The van der Waals surface area contributed by atoms with Crippen molar-refractivity contribution in [3.63, 3.8) is 0 Å². The monoisotopic (exact) mass is 274 g/mol. The van der Waals surface area contributed by atoms with Crippen molar-refractivity contribution in [2.45, 2.75) is 0 Å². The number of ether oxygens (including phenoxy) is 1. The number of hydrogen-bond acceptors (Lipinski definition) is 3. The summed E-state index contributed by atoms with van der Waals surface area (Å²) in [7, 11) is 3.19. The van der Waals surface area contributed by atoms with Crippen LogP contribution in [0.2, 0.25) is 0 Å². The van der Waals surface area contributed by atoms with Crippen LogP contribution in [-0.4, -0.2) is 20.1 Å². The number of hydrogen-bond donors (Lipinski definition) is 1. The lowest BCUT2D eigenvalue weighted by atomic mass is 10.1. The Bertz CT molecular complexity index is 644. The molecule has 104 valence electrons. The van der Waals surface area contributed by atoms with Gasteiger partial charge in [-0.3, -0.25) is 4.79 Å². The van der Waals surface area contributed by atoms with E-state index >= 15 is 0 Å². The van der Waals surface area contributed by atoms with E-state index in [9.17, 15) is 9.18 Å². The molecule has 0 spiro atoms. The standard InChI is InChI=1S/C15H15FN2O2/c1-18(11-4-3-5-12(9-11)20-2)15(19)10-6-7-13(16)14(17)8-10/h3-9H,17H2,1-2H3. The smallest absolute Gasteiger partial charge is 0.258 e. The van der Waals surface area contributed by atoms with Crippen LogP contribution in [0.3, 0.4) is 0 Å². The molecule has 0 heterocycles. The quantitative estimate of drug-likeness (QED) is 0.875. The average molecular weight is 274 g/mol. The van der Waals surface area contributed by atoms with Crippen LogP contribution in [0, 0.1) is 5.82 Å². The Kier molecular flexibility index (Phi) is 3.89. The van der Waals surface area contributed by atoms with Crippen molar-refractivity contribution in [1.82, 2.24) is 0 Å². The lowest BCUT2D eigenvalue weighted by molar-refractivity contribution is 0.0993. The summed E-state index contributed by atoms with van der Waals surface area (Å²) in [4.78, 5) is 13.8. The number of amides is 1. The van der Waals surface area contributed by atoms with Gasteiger partial charge in [0.25, 0.3) is 5.91 Å². The molecule has 4 nitrogen and oxygen atoms in total. The number of benzene rings is 2. The maximum Gasteiger partial charge on any atom is 0.258 e. The van der Waals surface area contributed by atoms with Crippen molar-refractivity contribution in [3.8, 4) is 5.75 Å². The molecule has 1 amide bonds. The van der Waals surface area contributed by atoms with Crippen molar-refractivity contribution in [3.05, 3.63) is 53.8 Å². The molecule has 0 saturated carbocycles. The molecule has 0 aromatic heterocycles. The van der Waals surface area contributed by atoms with Crippen molar-refractivity contribution < 1.29 is 13.9 Å². The van der Waals surface area contributed by atoms with Gasteiger partial charge in [-0.1, -0.05) is 6.07 Å². The van der Waals surface area contributed by atoms with Gasteiger partial charge >= 0.3 is 0 Å². The van der Waals surface area contributed by atoms with Crippen LogP contribution in [0.25, 0.3) is 0 Å². The predicted octanol–water partition coefficient (Wildman–Crippen LogP) is 2.69. The molecular weight excluding hydrogens is 259 g/mol. The highest BCUT2D eigenvalue weighted by Gasteiger charge is 2.15. The minimum Gasteiger partial charge on any atom is -0.497 e. The topological polar surface area (TPSA) is 55.6 Å². The summed E-state index contributed by atoms with van der Waals surface area (Å²) < 4.78 is 18.2. The lowest BCUT2D eigenvalue weighted by Crippen LogP contribution is -2.26. The van der Waals surface area contributed by atoms with E-state index < -0.39 is 5.82 Å². The van der Waals surface area contributed by atoms with Crippen LogP contribution in [-0.2, 0) is 0 Å². The average Bonchev–Trinajstić information content (AvgIpc) is 2.48. The molecule has 0 aliphatic carbocycles. The molecule has 0 unspecified atom stereocenters. The Balaban J connectivity index is 2.29.